The molecule has 2 atom stereocenters. The number of hydrogen-bond donors (Lipinski definition) is 2. The zero-order chi connectivity index (χ0) is 13.1. The molecule has 1 aromatic carbocycles. The van der Waals surface area contributed by atoms with Crippen molar-refractivity contribution in [3.05, 3.63) is 35.4 Å². The Kier molecular flexibility index (Phi) is 4.30. The van der Waals surface area contributed by atoms with Crippen molar-refractivity contribution in [2.75, 3.05) is 6.54 Å². The molecule has 0 aliphatic heterocycles. The second-order valence-electron chi connectivity index (χ2n) is 5.08. The molecule has 1 aliphatic carbocycles. The molecule has 18 heavy (non-hydrogen) atoms. The van der Waals surface area contributed by atoms with Gasteiger partial charge in [-0.1, -0.05) is 12.8 Å². The summed E-state index contributed by atoms with van der Waals surface area (Å²) in [6.45, 7) is 0.195. The van der Waals surface area contributed by atoms with Crippen molar-refractivity contribution in [3.8, 4) is 0 Å². The molecule has 0 heterocycles. The fourth-order valence-electron chi connectivity index (χ4n) is 2.89. The van der Waals surface area contributed by atoms with Gasteiger partial charge in [-0.2, -0.15) is 0 Å². The summed E-state index contributed by atoms with van der Waals surface area (Å²) in [6.07, 6.45) is 3.54. The molecule has 0 amide bonds. The van der Waals surface area contributed by atoms with E-state index in [0.717, 1.165) is 31.7 Å². The Bertz CT molecular complexity index is 385. The van der Waals surface area contributed by atoms with Crippen molar-refractivity contribution >= 4 is 0 Å². The smallest absolute Gasteiger partial charge is 0.126 e. The Morgan fingerprint density at radius 2 is 1.72 bits per heavy atom. The fourth-order valence-corrected chi connectivity index (χ4v) is 2.89. The van der Waals surface area contributed by atoms with Gasteiger partial charge in [-0.3, -0.25) is 0 Å². The molecular formula is C14H19F2NO. The van der Waals surface area contributed by atoms with E-state index in [0.29, 0.717) is 5.56 Å². The molecule has 0 bridgehead atoms. The third-order valence-electron chi connectivity index (χ3n) is 3.86. The summed E-state index contributed by atoms with van der Waals surface area (Å²) in [4.78, 5) is 0. The minimum atomic E-state index is -0.623. The summed E-state index contributed by atoms with van der Waals surface area (Å²) < 4.78 is 26.4. The van der Waals surface area contributed by atoms with E-state index < -0.39 is 23.7 Å². The van der Waals surface area contributed by atoms with E-state index in [9.17, 15) is 13.9 Å². The van der Waals surface area contributed by atoms with Gasteiger partial charge in [0.25, 0.3) is 0 Å². The number of benzene rings is 1. The third-order valence-corrected chi connectivity index (χ3v) is 3.86. The van der Waals surface area contributed by atoms with Crippen LogP contribution in [0.5, 0.6) is 0 Å². The Morgan fingerprint density at radius 3 is 2.22 bits per heavy atom. The molecule has 1 saturated carbocycles. The van der Waals surface area contributed by atoms with Crippen molar-refractivity contribution in [2.24, 2.45) is 11.7 Å². The molecule has 0 saturated heterocycles. The molecule has 0 spiro atoms. The maximum absolute atomic E-state index is 13.2. The minimum absolute atomic E-state index is 0.195. The standard InChI is InChI=1S/C14H19F2NO/c15-11-5-10(6-12(16)7-11)13(8-17)14(18)9-3-1-2-4-9/h5-7,9,13-14,18H,1-4,8,17H2. The SMILES string of the molecule is NCC(c1cc(F)cc(F)c1)C(O)C1CCCC1. The number of rotatable bonds is 4. The van der Waals surface area contributed by atoms with Gasteiger partial charge in [0, 0.05) is 18.5 Å². The van der Waals surface area contributed by atoms with Gasteiger partial charge < -0.3 is 10.8 Å². The lowest BCUT2D eigenvalue weighted by Gasteiger charge is -2.26. The molecule has 4 heteroatoms. The number of hydrogen-bond acceptors (Lipinski definition) is 2. The lowest BCUT2D eigenvalue weighted by atomic mass is 9.85. The van der Waals surface area contributed by atoms with Crippen molar-refractivity contribution < 1.29 is 13.9 Å². The summed E-state index contributed by atoms with van der Waals surface area (Å²) in [5.74, 6) is -1.44. The Labute approximate surface area is 106 Å². The average Bonchev–Trinajstić information content (AvgIpc) is 2.81. The van der Waals surface area contributed by atoms with Crippen LogP contribution in [0.3, 0.4) is 0 Å². The lowest BCUT2D eigenvalue weighted by molar-refractivity contribution is 0.0849. The number of aliphatic hydroxyl groups excluding tert-OH is 1. The first-order valence-corrected chi connectivity index (χ1v) is 6.46. The Morgan fingerprint density at radius 1 is 1.17 bits per heavy atom. The van der Waals surface area contributed by atoms with Crippen molar-refractivity contribution in [1.29, 1.82) is 0 Å². The Balaban J connectivity index is 2.20. The maximum atomic E-state index is 13.2. The van der Waals surface area contributed by atoms with Crippen molar-refractivity contribution in [1.82, 2.24) is 0 Å². The van der Waals surface area contributed by atoms with E-state index in [1.54, 1.807) is 0 Å². The first-order chi connectivity index (χ1) is 8.61. The highest BCUT2D eigenvalue weighted by Gasteiger charge is 2.30. The van der Waals surface area contributed by atoms with Crippen LogP contribution in [0.4, 0.5) is 8.78 Å². The molecule has 0 aromatic heterocycles. The van der Waals surface area contributed by atoms with E-state index in [2.05, 4.69) is 0 Å². The van der Waals surface area contributed by atoms with Gasteiger partial charge in [0.1, 0.15) is 11.6 Å². The van der Waals surface area contributed by atoms with E-state index in [1.165, 1.54) is 12.1 Å². The third kappa shape index (κ3) is 2.87. The molecule has 3 N–H and O–H groups in total. The largest absolute Gasteiger partial charge is 0.392 e. The molecule has 2 rings (SSSR count). The first-order valence-electron chi connectivity index (χ1n) is 6.46. The van der Waals surface area contributed by atoms with E-state index in [4.69, 9.17) is 5.73 Å². The van der Waals surface area contributed by atoms with Crippen LogP contribution in [0.25, 0.3) is 0 Å². The van der Waals surface area contributed by atoms with E-state index in [-0.39, 0.29) is 12.5 Å². The highest BCUT2D eigenvalue weighted by atomic mass is 19.1. The van der Waals surface area contributed by atoms with Gasteiger partial charge in [-0.25, -0.2) is 8.78 Å². The average molecular weight is 255 g/mol. The number of nitrogens with two attached hydrogens (primary N) is 1. The highest BCUT2D eigenvalue weighted by Crippen LogP contribution is 2.34. The lowest BCUT2D eigenvalue weighted by Crippen LogP contribution is -2.31. The maximum Gasteiger partial charge on any atom is 0.126 e. The molecule has 1 fully saturated rings. The van der Waals surface area contributed by atoms with Crippen LogP contribution in [0.2, 0.25) is 0 Å². The second-order valence-corrected chi connectivity index (χ2v) is 5.08. The fraction of sp³-hybridized carbons (Fsp3) is 0.571. The molecule has 100 valence electrons. The van der Waals surface area contributed by atoms with Crippen molar-refractivity contribution in [3.63, 3.8) is 0 Å². The first kappa shape index (κ1) is 13.4. The van der Waals surface area contributed by atoms with Gasteiger partial charge in [0.2, 0.25) is 0 Å². The predicted molar refractivity (Wildman–Crippen MR) is 66.1 cm³/mol. The normalized spacial score (nSPS) is 20.0. The molecule has 2 nitrogen and oxygen atoms in total. The van der Waals surface area contributed by atoms with Crippen LogP contribution in [0, 0.1) is 17.6 Å². The van der Waals surface area contributed by atoms with Crippen LogP contribution in [0.1, 0.15) is 37.2 Å². The zero-order valence-electron chi connectivity index (χ0n) is 10.3. The topological polar surface area (TPSA) is 46.2 Å². The molecular weight excluding hydrogens is 236 g/mol. The number of aliphatic hydroxyl groups is 1. The van der Waals surface area contributed by atoms with Gasteiger partial charge in [-0.15, -0.1) is 0 Å². The molecule has 1 aliphatic rings. The zero-order valence-corrected chi connectivity index (χ0v) is 10.3. The van der Waals surface area contributed by atoms with Crippen LogP contribution >= 0.6 is 0 Å². The summed E-state index contributed by atoms with van der Waals surface area (Å²) in [5.41, 5.74) is 6.12. The van der Waals surface area contributed by atoms with Crippen LogP contribution in [-0.2, 0) is 0 Å². The van der Waals surface area contributed by atoms with E-state index >= 15 is 0 Å². The monoisotopic (exact) mass is 255 g/mol. The van der Waals surface area contributed by atoms with Gasteiger partial charge in [-0.05, 0) is 36.5 Å². The van der Waals surface area contributed by atoms with Crippen LogP contribution < -0.4 is 5.73 Å². The van der Waals surface area contributed by atoms with Crippen LogP contribution in [0.15, 0.2) is 18.2 Å². The summed E-state index contributed by atoms with van der Waals surface area (Å²) >= 11 is 0. The molecule has 0 radical (unpaired) electrons. The minimum Gasteiger partial charge on any atom is -0.392 e. The van der Waals surface area contributed by atoms with Crippen molar-refractivity contribution in [2.45, 2.75) is 37.7 Å². The van der Waals surface area contributed by atoms with Gasteiger partial charge in [0.15, 0.2) is 0 Å². The van der Waals surface area contributed by atoms with Crippen LogP contribution in [-0.4, -0.2) is 17.8 Å². The second kappa shape index (κ2) is 5.76. The number of halogens is 2. The predicted octanol–water partition coefficient (Wildman–Crippen LogP) is 2.56. The van der Waals surface area contributed by atoms with Gasteiger partial charge in [0.05, 0.1) is 6.10 Å². The van der Waals surface area contributed by atoms with E-state index in [1.807, 2.05) is 0 Å². The molecule has 1 aromatic rings. The summed E-state index contributed by atoms with van der Waals surface area (Å²) in [6, 6.07) is 3.36. The van der Waals surface area contributed by atoms with Gasteiger partial charge >= 0.3 is 0 Å². The molecule has 2 unspecified atom stereocenters. The quantitative estimate of drug-likeness (QED) is 0.868. The highest BCUT2D eigenvalue weighted by molar-refractivity contribution is 5.23. The summed E-state index contributed by atoms with van der Waals surface area (Å²) in [5, 5.41) is 10.3. The summed E-state index contributed by atoms with van der Waals surface area (Å²) in [7, 11) is 0. The Hall–Kier alpha value is -1.00.